The highest BCUT2D eigenvalue weighted by molar-refractivity contribution is 8.01. The molecule has 0 bridgehead atoms. The maximum atomic E-state index is 12.9. The van der Waals surface area contributed by atoms with E-state index in [1.807, 2.05) is 19.9 Å². The standard InChI is InChI=1S/C23H24N4O6S/c1-23(2)18(22(30)33-12-13-8-10-15(11-9-13)27(31)32)26-20(29)17(21(26)34-23)25-19(28)16(24)14-6-4-3-5-7-14/h3-11,16-18,21H,12,24H2,1-2H3,(H,25,28)/t16?,17?,18-,21+/m0/s1. The number of carbonyl (C=O) groups excluding carboxylic acids is 3. The van der Waals surface area contributed by atoms with Crippen LogP contribution in [0.2, 0.25) is 0 Å². The van der Waals surface area contributed by atoms with Gasteiger partial charge in [0.1, 0.15) is 30.1 Å². The van der Waals surface area contributed by atoms with Crippen LogP contribution in [-0.2, 0) is 25.7 Å². The van der Waals surface area contributed by atoms with Crippen LogP contribution in [0.5, 0.6) is 0 Å². The van der Waals surface area contributed by atoms with Crippen molar-refractivity contribution in [2.75, 3.05) is 0 Å². The number of hydrogen-bond acceptors (Lipinski definition) is 8. The van der Waals surface area contributed by atoms with E-state index in [-0.39, 0.29) is 18.2 Å². The molecule has 2 aliphatic heterocycles. The molecule has 0 aliphatic carbocycles. The fourth-order valence-electron chi connectivity index (χ4n) is 4.13. The number of carbonyl (C=O) groups is 3. The molecule has 2 aliphatic rings. The minimum Gasteiger partial charge on any atom is -0.459 e. The van der Waals surface area contributed by atoms with Crippen molar-refractivity contribution in [1.82, 2.24) is 10.2 Å². The molecule has 10 nitrogen and oxygen atoms in total. The van der Waals surface area contributed by atoms with Crippen LogP contribution in [-0.4, -0.2) is 49.8 Å². The van der Waals surface area contributed by atoms with Gasteiger partial charge in [0.15, 0.2) is 0 Å². The highest BCUT2D eigenvalue weighted by atomic mass is 32.2. The SMILES string of the molecule is CC1(C)S[C@@H]2C(NC(=O)C(N)c3ccccc3)C(=O)N2[C@H]1C(=O)OCc1ccc([N+](=O)[O-])cc1. The molecule has 34 heavy (non-hydrogen) atoms. The average Bonchev–Trinajstić information content (AvgIpc) is 3.08. The molecule has 2 saturated heterocycles. The van der Waals surface area contributed by atoms with E-state index < -0.39 is 45.0 Å². The van der Waals surface area contributed by atoms with E-state index in [0.29, 0.717) is 11.1 Å². The fraction of sp³-hybridized carbons (Fsp3) is 0.348. The summed E-state index contributed by atoms with van der Waals surface area (Å²) in [6, 6.07) is 12.0. The maximum absolute atomic E-state index is 12.9. The molecule has 2 aromatic rings. The smallest absolute Gasteiger partial charge is 0.330 e. The number of nitro benzene ring substituents is 1. The van der Waals surface area contributed by atoms with Crippen LogP contribution < -0.4 is 11.1 Å². The number of thioether (sulfide) groups is 1. The van der Waals surface area contributed by atoms with Crippen LogP contribution in [0.1, 0.15) is 31.0 Å². The quantitative estimate of drug-likeness (QED) is 0.262. The highest BCUT2D eigenvalue weighted by Gasteiger charge is 2.64. The Morgan fingerprint density at radius 3 is 2.47 bits per heavy atom. The molecule has 11 heteroatoms. The molecular formula is C23H24N4O6S. The summed E-state index contributed by atoms with van der Waals surface area (Å²) in [6.45, 7) is 3.61. The lowest BCUT2D eigenvalue weighted by atomic mass is 9.95. The lowest BCUT2D eigenvalue weighted by Crippen LogP contribution is -2.71. The summed E-state index contributed by atoms with van der Waals surface area (Å²) < 4.78 is 4.79. The number of hydrogen-bond donors (Lipinski definition) is 2. The van der Waals surface area contributed by atoms with Crippen LogP contribution in [0, 0.1) is 10.1 Å². The number of benzene rings is 2. The summed E-state index contributed by atoms with van der Waals surface area (Å²) in [5.41, 5.74) is 7.21. The number of rotatable bonds is 7. The second-order valence-electron chi connectivity index (χ2n) is 8.67. The van der Waals surface area contributed by atoms with E-state index in [9.17, 15) is 24.5 Å². The van der Waals surface area contributed by atoms with Crippen molar-refractivity contribution in [2.24, 2.45) is 5.73 Å². The number of nitrogens with two attached hydrogens (primary N) is 1. The number of β-lactam (4-membered cyclic amide) rings is 1. The molecule has 4 atom stereocenters. The van der Waals surface area contributed by atoms with Gasteiger partial charge in [-0.25, -0.2) is 4.79 Å². The first-order valence-electron chi connectivity index (χ1n) is 10.6. The number of nitrogens with one attached hydrogen (secondary N) is 1. The number of amides is 2. The van der Waals surface area contributed by atoms with Crippen LogP contribution >= 0.6 is 11.8 Å². The Morgan fingerprint density at radius 1 is 1.21 bits per heavy atom. The molecule has 0 aromatic heterocycles. The Balaban J connectivity index is 1.39. The van der Waals surface area contributed by atoms with Gasteiger partial charge in [-0.1, -0.05) is 30.3 Å². The van der Waals surface area contributed by atoms with Gasteiger partial charge in [0, 0.05) is 16.9 Å². The van der Waals surface area contributed by atoms with E-state index >= 15 is 0 Å². The van der Waals surface area contributed by atoms with E-state index in [0.717, 1.165) is 0 Å². The van der Waals surface area contributed by atoms with Gasteiger partial charge in [-0.05, 0) is 37.1 Å². The van der Waals surface area contributed by atoms with Gasteiger partial charge < -0.3 is 20.7 Å². The second kappa shape index (κ2) is 9.07. The zero-order chi connectivity index (χ0) is 24.6. The lowest BCUT2D eigenvalue weighted by molar-refractivity contribution is -0.384. The van der Waals surface area contributed by atoms with Gasteiger partial charge in [-0.3, -0.25) is 19.7 Å². The third-order valence-electron chi connectivity index (χ3n) is 5.93. The Bertz CT molecular complexity index is 1120. The van der Waals surface area contributed by atoms with Crippen LogP contribution in [0.4, 0.5) is 5.69 Å². The van der Waals surface area contributed by atoms with Crippen LogP contribution in [0.3, 0.4) is 0 Å². The van der Waals surface area contributed by atoms with E-state index in [1.54, 1.807) is 24.3 Å². The number of ether oxygens (including phenoxy) is 1. The molecule has 178 valence electrons. The van der Waals surface area contributed by atoms with Crippen molar-refractivity contribution in [3.8, 4) is 0 Å². The Kier molecular flexibility index (Phi) is 6.32. The zero-order valence-corrected chi connectivity index (χ0v) is 19.4. The third kappa shape index (κ3) is 4.36. The monoisotopic (exact) mass is 484 g/mol. The lowest BCUT2D eigenvalue weighted by Gasteiger charge is -2.44. The minimum absolute atomic E-state index is 0.0579. The molecule has 2 heterocycles. The molecular weight excluding hydrogens is 460 g/mol. The number of nitro groups is 1. The van der Waals surface area contributed by atoms with Crippen molar-refractivity contribution in [1.29, 1.82) is 0 Å². The number of non-ortho nitro benzene ring substituents is 1. The summed E-state index contributed by atoms with van der Waals surface area (Å²) in [6.07, 6.45) is 0. The summed E-state index contributed by atoms with van der Waals surface area (Å²) in [4.78, 5) is 50.2. The van der Waals surface area contributed by atoms with Gasteiger partial charge in [-0.15, -0.1) is 11.8 Å². The zero-order valence-electron chi connectivity index (χ0n) is 18.5. The molecule has 0 spiro atoms. The molecule has 3 N–H and O–H groups in total. The van der Waals surface area contributed by atoms with Crippen LogP contribution in [0.25, 0.3) is 0 Å². The number of fused-ring (bicyclic) bond motifs is 1. The molecule has 0 radical (unpaired) electrons. The van der Waals surface area contributed by atoms with Gasteiger partial charge in [0.05, 0.1) is 4.92 Å². The first-order chi connectivity index (χ1) is 16.1. The van der Waals surface area contributed by atoms with Gasteiger partial charge >= 0.3 is 5.97 Å². The molecule has 2 amide bonds. The Hall–Kier alpha value is -3.44. The Labute approximate surface area is 200 Å². The van der Waals surface area contributed by atoms with E-state index in [4.69, 9.17) is 10.5 Å². The van der Waals surface area contributed by atoms with Gasteiger partial charge in [0.2, 0.25) is 11.8 Å². The Morgan fingerprint density at radius 2 is 1.85 bits per heavy atom. The second-order valence-corrected chi connectivity index (χ2v) is 10.4. The van der Waals surface area contributed by atoms with E-state index in [2.05, 4.69) is 5.32 Å². The van der Waals surface area contributed by atoms with Crippen molar-refractivity contribution in [3.05, 3.63) is 75.8 Å². The molecule has 2 fully saturated rings. The highest BCUT2D eigenvalue weighted by Crippen LogP contribution is 2.51. The van der Waals surface area contributed by atoms with Crippen molar-refractivity contribution >= 4 is 35.2 Å². The summed E-state index contributed by atoms with van der Waals surface area (Å²) in [5, 5.41) is 13.1. The number of esters is 1. The van der Waals surface area contributed by atoms with Crippen LogP contribution in [0.15, 0.2) is 54.6 Å². The largest absolute Gasteiger partial charge is 0.459 e. The van der Waals surface area contributed by atoms with Crippen molar-refractivity contribution in [2.45, 2.75) is 48.7 Å². The minimum atomic E-state index is -0.912. The average molecular weight is 485 g/mol. The van der Waals surface area contributed by atoms with Gasteiger partial charge in [-0.2, -0.15) is 0 Å². The number of nitrogens with zero attached hydrogens (tertiary/aromatic N) is 2. The van der Waals surface area contributed by atoms with E-state index in [1.165, 1.54) is 40.9 Å². The van der Waals surface area contributed by atoms with Crippen molar-refractivity contribution in [3.63, 3.8) is 0 Å². The maximum Gasteiger partial charge on any atom is 0.330 e. The predicted octanol–water partition coefficient (Wildman–Crippen LogP) is 1.89. The topological polar surface area (TPSA) is 145 Å². The molecule has 2 unspecified atom stereocenters. The van der Waals surface area contributed by atoms with Gasteiger partial charge in [0.25, 0.3) is 5.69 Å². The first-order valence-corrected chi connectivity index (χ1v) is 11.5. The molecule has 2 aromatic carbocycles. The first kappa shape index (κ1) is 23.7. The normalized spacial score (nSPS) is 23.4. The summed E-state index contributed by atoms with van der Waals surface area (Å²) in [7, 11) is 0. The third-order valence-corrected chi connectivity index (χ3v) is 7.50. The predicted molar refractivity (Wildman–Crippen MR) is 124 cm³/mol. The van der Waals surface area contributed by atoms with Crippen molar-refractivity contribution < 1.29 is 24.0 Å². The summed E-state index contributed by atoms with van der Waals surface area (Å²) >= 11 is 1.42. The summed E-state index contributed by atoms with van der Waals surface area (Å²) in [5.74, 6) is -1.40. The molecule has 0 saturated carbocycles. The molecule has 4 rings (SSSR count). The fourth-order valence-corrected chi connectivity index (χ4v) is 5.75.